The molecule has 1 amide bonds. The molecule has 1 aromatic heterocycles. The molecule has 1 aliphatic heterocycles. The number of aliphatic carboxylic acids is 1. The highest BCUT2D eigenvalue weighted by Crippen LogP contribution is 2.21. The average molecular weight is 270 g/mol. The number of hydrogen-bond acceptors (Lipinski definition) is 5. The van der Waals surface area contributed by atoms with Gasteiger partial charge in [-0.15, -0.1) is 11.3 Å². The van der Waals surface area contributed by atoms with E-state index in [4.69, 9.17) is 9.84 Å². The van der Waals surface area contributed by atoms with Crippen LogP contribution in [0.5, 0.6) is 0 Å². The molecule has 1 aliphatic rings. The van der Waals surface area contributed by atoms with Gasteiger partial charge in [0.05, 0.1) is 6.61 Å². The monoisotopic (exact) mass is 270 g/mol. The first-order valence-corrected chi connectivity index (χ1v) is 6.48. The summed E-state index contributed by atoms with van der Waals surface area (Å²) < 4.78 is 4.93. The van der Waals surface area contributed by atoms with Crippen LogP contribution in [0.1, 0.15) is 28.3 Å². The number of carbonyl (C=O) groups is 2. The quantitative estimate of drug-likeness (QED) is 0.882. The molecule has 0 bridgehead atoms. The molecule has 1 N–H and O–H groups in total. The van der Waals surface area contributed by atoms with E-state index in [0.717, 1.165) is 6.42 Å². The summed E-state index contributed by atoms with van der Waals surface area (Å²) >= 11 is 1.34. The topological polar surface area (TPSA) is 79.7 Å². The number of hydrogen-bond donors (Lipinski definition) is 1. The largest absolute Gasteiger partial charge is 0.480 e. The molecule has 18 heavy (non-hydrogen) atoms. The van der Waals surface area contributed by atoms with Gasteiger partial charge >= 0.3 is 5.97 Å². The third-order valence-electron chi connectivity index (χ3n) is 2.84. The second kappa shape index (κ2) is 5.45. The van der Waals surface area contributed by atoms with Crippen molar-refractivity contribution in [3.63, 3.8) is 0 Å². The summed E-state index contributed by atoms with van der Waals surface area (Å²) in [6, 6.07) is -0.718. The Balaban J connectivity index is 2.12. The number of amides is 1. The summed E-state index contributed by atoms with van der Waals surface area (Å²) in [6.45, 7) is 0.841. The molecule has 0 aliphatic carbocycles. The standard InChI is InChI=1S/C11H14N2O4S/c1-17-5-9-12-7(6-18-9)10(14)13-4-2-3-8(13)11(15)16/h6,8H,2-5H2,1H3,(H,15,16)/t8-/m1/s1. The number of carbonyl (C=O) groups excluding carboxylic acids is 1. The van der Waals surface area contributed by atoms with Gasteiger partial charge in [0.25, 0.3) is 5.91 Å². The number of thiazole rings is 1. The number of carboxylic acid groups (broad SMARTS) is 1. The zero-order chi connectivity index (χ0) is 13.1. The van der Waals surface area contributed by atoms with E-state index in [9.17, 15) is 9.59 Å². The normalized spacial score (nSPS) is 19.2. The fourth-order valence-electron chi connectivity index (χ4n) is 2.01. The van der Waals surface area contributed by atoms with Gasteiger partial charge in [0.2, 0.25) is 0 Å². The van der Waals surface area contributed by atoms with Gasteiger partial charge in [-0.3, -0.25) is 4.79 Å². The minimum atomic E-state index is -0.951. The molecule has 1 saturated heterocycles. The van der Waals surface area contributed by atoms with Crippen LogP contribution in [0.15, 0.2) is 5.38 Å². The molecule has 0 radical (unpaired) electrons. The molecule has 1 fully saturated rings. The highest BCUT2D eigenvalue weighted by Gasteiger charge is 2.35. The van der Waals surface area contributed by atoms with Crippen LogP contribution in [0.3, 0.4) is 0 Å². The van der Waals surface area contributed by atoms with E-state index in [2.05, 4.69) is 4.98 Å². The molecule has 0 spiro atoms. The first kappa shape index (κ1) is 13.0. The van der Waals surface area contributed by atoms with E-state index in [-0.39, 0.29) is 5.91 Å². The van der Waals surface area contributed by atoms with E-state index < -0.39 is 12.0 Å². The zero-order valence-electron chi connectivity index (χ0n) is 9.96. The van der Waals surface area contributed by atoms with Crippen LogP contribution >= 0.6 is 11.3 Å². The summed E-state index contributed by atoms with van der Waals surface area (Å²) in [5.41, 5.74) is 0.306. The highest BCUT2D eigenvalue weighted by atomic mass is 32.1. The minimum Gasteiger partial charge on any atom is -0.480 e. The molecular formula is C11H14N2O4S. The van der Waals surface area contributed by atoms with Gasteiger partial charge in [-0.05, 0) is 12.8 Å². The van der Waals surface area contributed by atoms with Crippen molar-refractivity contribution in [1.29, 1.82) is 0 Å². The third kappa shape index (κ3) is 2.51. The lowest BCUT2D eigenvalue weighted by Crippen LogP contribution is -2.40. The van der Waals surface area contributed by atoms with Crippen LogP contribution in [-0.4, -0.2) is 46.6 Å². The van der Waals surface area contributed by atoms with Crippen molar-refractivity contribution in [1.82, 2.24) is 9.88 Å². The van der Waals surface area contributed by atoms with Gasteiger partial charge in [-0.1, -0.05) is 0 Å². The molecule has 0 saturated carbocycles. The first-order valence-electron chi connectivity index (χ1n) is 5.60. The zero-order valence-corrected chi connectivity index (χ0v) is 10.8. The molecule has 2 heterocycles. The van der Waals surface area contributed by atoms with Crippen LogP contribution < -0.4 is 0 Å². The Kier molecular flexibility index (Phi) is 3.93. The van der Waals surface area contributed by atoms with Gasteiger partial charge in [0, 0.05) is 19.0 Å². The molecular weight excluding hydrogens is 256 g/mol. The van der Waals surface area contributed by atoms with E-state index >= 15 is 0 Å². The molecule has 0 unspecified atom stereocenters. The summed E-state index contributed by atoms with van der Waals surface area (Å²) in [6.07, 6.45) is 1.23. The van der Waals surface area contributed by atoms with Crippen molar-refractivity contribution in [2.75, 3.05) is 13.7 Å². The minimum absolute atomic E-state index is 0.306. The van der Waals surface area contributed by atoms with E-state index in [0.29, 0.717) is 30.3 Å². The smallest absolute Gasteiger partial charge is 0.326 e. The fourth-order valence-corrected chi connectivity index (χ4v) is 2.75. The van der Waals surface area contributed by atoms with Gasteiger partial charge < -0.3 is 14.7 Å². The van der Waals surface area contributed by atoms with Crippen molar-refractivity contribution in [3.8, 4) is 0 Å². The number of rotatable bonds is 4. The Labute approximate surface area is 108 Å². The number of aromatic nitrogens is 1. The second-order valence-electron chi connectivity index (χ2n) is 4.05. The van der Waals surface area contributed by atoms with Crippen LogP contribution in [0, 0.1) is 0 Å². The van der Waals surface area contributed by atoms with E-state index in [1.54, 1.807) is 12.5 Å². The van der Waals surface area contributed by atoms with Crippen molar-refractivity contribution < 1.29 is 19.4 Å². The molecule has 98 valence electrons. The Morgan fingerprint density at radius 1 is 1.67 bits per heavy atom. The Morgan fingerprint density at radius 3 is 3.11 bits per heavy atom. The van der Waals surface area contributed by atoms with Crippen molar-refractivity contribution >= 4 is 23.2 Å². The molecule has 2 rings (SSSR count). The summed E-state index contributed by atoms with van der Waals surface area (Å²) in [4.78, 5) is 28.7. The van der Waals surface area contributed by atoms with Gasteiger partial charge in [-0.25, -0.2) is 9.78 Å². The number of nitrogens with zero attached hydrogens (tertiary/aromatic N) is 2. The molecule has 1 aromatic rings. The number of likely N-dealkylation sites (tertiary alicyclic amines) is 1. The lowest BCUT2D eigenvalue weighted by molar-refractivity contribution is -0.141. The van der Waals surface area contributed by atoms with Crippen LogP contribution in [0.2, 0.25) is 0 Å². The van der Waals surface area contributed by atoms with Gasteiger partial charge in [0.15, 0.2) is 0 Å². The highest BCUT2D eigenvalue weighted by molar-refractivity contribution is 7.09. The van der Waals surface area contributed by atoms with E-state index in [1.807, 2.05) is 0 Å². The van der Waals surface area contributed by atoms with Crippen LogP contribution in [0.25, 0.3) is 0 Å². The number of carboxylic acids is 1. The van der Waals surface area contributed by atoms with Crippen molar-refractivity contribution in [2.45, 2.75) is 25.5 Å². The Hall–Kier alpha value is -1.47. The predicted molar refractivity (Wildman–Crippen MR) is 64.5 cm³/mol. The first-order chi connectivity index (χ1) is 8.63. The maximum atomic E-state index is 12.1. The number of methoxy groups -OCH3 is 1. The van der Waals surface area contributed by atoms with Gasteiger partial charge in [-0.2, -0.15) is 0 Å². The lowest BCUT2D eigenvalue weighted by atomic mass is 10.2. The Morgan fingerprint density at radius 2 is 2.44 bits per heavy atom. The van der Waals surface area contributed by atoms with Gasteiger partial charge in [0.1, 0.15) is 16.7 Å². The van der Waals surface area contributed by atoms with Crippen molar-refractivity contribution in [2.24, 2.45) is 0 Å². The predicted octanol–water partition coefficient (Wildman–Crippen LogP) is 0.979. The maximum Gasteiger partial charge on any atom is 0.326 e. The van der Waals surface area contributed by atoms with Crippen molar-refractivity contribution in [3.05, 3.63) is 16.1 Å². The summed E-state index contributed by atoms with van der Waals surface area (Å²) in [5.74, 6) is -1.26. The average Bonchev–Trinajstić information content (AvgIpc) is 2.96. The second-order valence-corrected chi connectivity index (χ2v) is 5.00. The van der Waals surface area contributed by atoms with Crippen LogP contribution in [0.4, 0.5) is 0 Å². The van der Waals surface area contributed by atoms with Crippen LogP contribution in [-0.2, 0) is 16.1 Å². The molecule has 6 nitrogen and oxygen atoms in total. The molecule has 0 aromatic carbocycles. The summed E-state index contributed by atoms with van der Waals surface area (Å²) in [7, 11) is 1.56. The fraction of sp³-hybridized carbons (Fsp3) is 0.545. The lowest BCUT2D eigenvalue weighted by Gasteiger charge is -2.20. The van der Waals surface area contributed by atoms with E-state index in [1.165, 1.54) is 16.2 Å². The maximum absolute atomic E-state index is 12.1. The Bertz CT molecular complexity index is 460. The molecule has 7 heteroatoms. The third-order valence-corrected chi connectivity index (χ3v) is 3.66. The SMILES string of the molecule is COCc1nc(C(=O)N2CCC[C@@H]2C(=O)O)cs1. The summed E-state index contributed by atoms with van der Waals surface area (Å²) in [5, 5.41) is 11.4. The number of ether oxygens (including phenoxy) is 1. The molecule has 1 atom stereocenters.